The molecule has 0 spiro atoms. The van der Waals surface area contributed by atoms with Crippen LogP contribution in [0.3, 0.4) is 0 Å². The van der Waals surface area contributed by atoms with E-state index in [0.29, 0.717) is 12.0 Å². The highest BCUT2D eigenvalue weighted by Crippen LogP contribution is 2.44. The first-order valence-electron chi connectivity index (χ1n) is 5.95. The van der Waals surface area contributed by atoms with E-state index in [4.69, 9.17) is 4.99 Å². The number of amidine groups is 1. The Labute approximate surface area is 93.8 Å². The first-order chi connectivity index (χ1) is 7.81. The number of halogens is 1. The molecular weight excluding hydrogens is 203 g/mol. The van der Waals surface area contributed by atoms with E-state index in [9.17, 15) is 4.39 Å². The lowest BCUT2D eigenvalue weighted by Gasteiger charge is -2.33. The molecule has 0 amide bonds. The van der Waals surface area contributed by atoms with Gasteiger partial charge in [-0.05, 0) is 37.5 Å². The van der Waals surface area contributed by atoms with Gasteiger partial charge < -0.3 is 4.90 Å². The van der Waals surface area contributed by atoms with Gasteiger partial charge in [-0.2, -0.15) is 0 Å². The second-order valence-corrected chi connectivity index (χ2v) is 5.03. The lowest BCUT2D eigenvalue weighted by Crippen LogP contribution is -2.38. The van der Waals surface area contributed by atoms with Gasteiger partial charge in [0.15, 0.2) is 0 Å². The van der Waals surface area contributed by atoms with Crippen LogP contribution in [0, 0.1) is 11.7 Å². The summed E-state index contributed by atoms with van der Waals surface area (Å²) in [5, 5.41) is 0. The van der Waals surface area contributed by atoms with E-state index in [1.54, 1.807) is 12.1 Å². The molecule has 2 atom stereocenters. The number of benzene rings is 1. The van der Waals surface area contributed by atoms with Crippen LogP contribution in [0.1, 0.15) is 24.8 Å². The molecule has 4 rings (SSSR count). The van der Waals surface area contributed by atoms with Crippen molar-refractivity contribution in [3.8, 4) is 0 Å². The predicted octanol–water partition coefficient (Wildman–Crippen LogP) is 2.85. The summed E-state index contributed by atoms with van der Waals surface area (Å²) in [4.78, 5) is 7.09. The smallest absolute Gasteiger partial charge is 0.123 e. The van der Waals surface area contributed by atoms with Gasteiger partial charge in [0.1, 0.15) is 11.7 Å². The zero-order valence-electron chi connectivity index (χ0n) is 8.99. The summed E-state index contributed by atoms with van der Waals surface area (Å²) in [5.41, 5.74) is 2.01. The molecule has 1 aliphatic carbocycles. The molecule has 0 radical (unpaired) electrons. The topological polar surface area (TPSA) is 15.6 Å². The van der Waals surface area contributed by atoms with Crippen molar-refractivity contribution in [2.75, 3.05) is 0 Å². The van der Waals surface area contributed by atoms with E-state index in [0.717, 1.165) is 17.8 Å². The van der Waals surface area contributed by atoms with E-state index in [1.807, 2.05) is 0 Å². The van der Waals surface area contributed by atoms with E-state index in [2.05, 4.69) is 4.90 Å². The summed E-state index contributed by atoms with van der Waals surface area (Å²) >= 11 is 0. The van der Waals surface area contributed by atoms with Gasteiger partial charge in [0.25, 0.3) is 0 Å². The second kappa shape index (κ2) is 2.84. The van der Waals surface area contributed by atoms with E-state index >= 15 is 0 Å². The van der Waals surface area contributed by atoms with Gasteiger partial charge in [-0.3, -0.25) is 0 Å². The highest BCUT2D eigenvalue weighted by atomic mass is 19.1. The Morgan fingerprint density at radius 1 is 1.31 bits per heavy atom. The number of piperidine rings is 1. The zero-order valence-corrected chi connectivity index (χ0v) is 8.99. The third kappa shape index (κ3) is 1.03. The van der Waals surface area contributed by atoms with Crippen LogP contribution in [-0.2, 0) is 6.54 Å². The van der Waals surface area contributed by atoms with E-state index in [1.165, 1.54) is 31.2 Å². The lowest BCUT2D eigenvalue weighted by molar-refractivity contribution is 0.316. The molecule has 1 aromatic rings. The number of hydrogen-bond donors (Lipinski definition) is 0. The maximum atomic E-state index is 13.2. The molecule has 2 bridgehead atoms. The SMILES string of the molecule is Fc1ccc2c(c1)CN1C(=N2)C2CCC1C2. The van der Waals surface area contributed by atoms with Crippen molar-refractivity contribution in [3.05, 3.63) is 29.6 Å². The van der Waals surface area contributed by atoms with Gasteiger partial charge in [-0.15, -0.1) is 0 Å². The molecule has 3 heteroatoms. The zero-order chi connectivity index (χ0) is 10.7. The Morgan fingerprint density at radius 2 is 2.25 bits per heavy atom. The van der Waals surface area contributed by atoms with E-state index < -0.39 is 0 Å². The van der Waals surface area contributed by atoms with Gasteiger partial charge in [-0.1, -0.05) is 0 Å². The largest absolute Gasteiger partial charge is 0.352 e. The molecule has 16 heavy (non-hydrogen) atoms. The molecule has 82 valence electrons. The average molecular weight is 216 g/mol. The number of hydrogen-bond acceptors (Lipinski definition) is 2. The first-order valence-corrected chi connectivity index (χ1v) is 5.95. The maximum Gasteiger partial charge on any atom is 0.123 e. The molecule has 2 aliphatic heterocycles. The van der Waals surface area contributed by atoms with Gasteiger partial charge in [0.05, 0.1) is 5.69 Å². The normalized spacial score (nSPS) is 30.1. The molecule has 1 aromatic carbocycles. The van der Waals surface area contributed by atoms with Crippen LogP contribution in [0.4, 0.5) is 10.1 Å². The molecule has 1 saturated carbocycles. The van der Waals surface area contributed by atoms with Crippen LogP contribution in [0.2, 0.25) is 0 Å². The lowest BCUT2D eigenvalue weighted by atomic mass is 10.0. The highest BCUT2D eigenvalue weighted by Gasteiger charge is 2.44. The van der Waals surface area contributed by atoms with Crippen molar-refractivity contribution in [1.82, 2.24) is 4.90 Å². The Balaban J connectivity index is 1.84. The van der Waals surface area contributed by atoms with Crippen molar-refractivity contribution < 1.29 is 4.39 Å². The highest BCUT2D eigenvalue weighted by molar-refractivity contribution is 5.91. The summed E-state index contributed by atoms with van der Waals surface area (Å²) in [6, 6.07) is 5.61. The monoisotopic (exact) mass is 216 g/mol. The molecule has 0 N–H and O–H groups in total. The second-order valence-electron chi connectivity index (χ2n) is 5.03. The molecule has 3 aliphatic rings. The number of nitrogens with zero attached hydrogens (tertiary/aromatic N) is 2. The van der Waals surface area contributed by atoms with E-state index in [-0.39, 0.29) is 5.82 Å². The molecule has 2 fully saturated rings. The van der Waals surface area contributed by atoms with Crippen molar-refractivity contribution in [3.63, 3.8) is 0 Å². The van der Waals surface area contributed by atoms with Crippen LogP contribution in [0.25, 0.3) is 0 Å². The summed E-state index contributed by atoms with van der Waals surface area (Å²) in [7, 11) is 0. The van der Waals surface area contributed by atoms with Crippen molar-refractivity contribution in [1.29, 1.82) is 0 Å². The number of aliphatic imine (C=N–C) groups is 1. The quantitative estimate of drug-likeness (QED) is 0.651. The van der Waals surface area contributed by atoms with Crippen LogP contribution in [0.15, 0.2) is 23.2 Å². The van der Waals surface area contributed by atoms with Crippen LogP contribution >= 0.6 is 0 Å². The fourth-order valence-corrected chi connectivity index (χ4v) is 3.36. The fourth-order valence-electron chi connectivity index (χ4n) is 3.36. The molecule has 2 nitrogen and oxygen atoms in total. The average Bonchev–Trinajstić information content (AvgIpc) is 2.87. The molecular formula is C13H13FN2. The predicted molar refractivity (Wildman–Crippen MR) is 60.2 cm³/mol. The molecule has 2 unspecified atom stereocenters. The Morgan fingerprint density at radius 3 is 3.19 bits per heavy atom. The summed E-state index contributed by atoms with van der Waals surface area (Å²) < 4.78 is 13.2. The molecule has 2 heterocycles. The van der Waals surface area contributed by atoms with Crippen LogP contribution < -0.4 is 0 Å². The molecule has 0 aromatic heterocycles. The summed E-state index contributed by atoms with van der Waals surface area (Å²) in [6.45, 7) is 0.854. The maximum absolute atomic E-state index is 13.2. The Bertz CT molecular complexity index is 495. The Kier molecular flexibility index (Phi) is 1.55. The number of rotatable bonds is 0. The fraction of sp³-hybridized carbons (Fsp3) is 0.462. The standard InChI is InChI=1S/C13H13FN2/c14-10-2-4-12-9(5-10)7-16-11-3-1-8(6-11)13(16)15-12/h2,4-5,8,11H,1,3,6-7H2. The minimum atomic E-state index is -0.151. The third-order valence-corrected chi connectivity index (χ3v) is 4.12. The van der Waals surface area contributed by atoms with Crippen molar-refractivity contribution >= 4 is 11.5 Å². The summed E-state index contributed by atoms with van der Waals surface area (Å²) in [5.74, 6) is 1.78. The van der Waals surface area contributed by atoms with Crippen LogP contribution in [-0.4, -0.2) is 16.8 Å². The van der Waals surface area contributed by atoms with Gasteiger partial charge in [0, 0.05) is 24.1 Å². The van der Waals surface area contributed by atoms with Crippen molar-refractivity contribution in [2.24, 2.45) is 10.9 Å². The summed E-state index contributed by atoms with van der Waals surface area (Å²) in [6.07, 6.45) is 3.83. The van der Waals surface area contributed by atoms with Gasteiger partial charge in [0.2, 0.25) is 0 Å². The minimum Gasteiger partial charge on any atom is -0.352 e. The number of fused-ring (bicyclic) bond motifs is 6. The van der Waals surface area contributed by atoms with Gasteiger partial charge >= 0.3 is 0 Å². The first kappa shape index (κ1) is 8.74. The third-order valence-electron chi connectivity index (χ3n) is 4.12. The van der Waals surface area contributed by atoms with Crippen molar-refractivity contribution in [2.45, 2.75) is 31.8 Å². The minimum absolute atomic E-state index is 0.151. The van der Waals surface area contributed by atoms with Crippen LogP contribution in [0.5, 0.6) is 0 Å². The molecule has 1 saturated heterocycles. The van der Waals surface area contributed by atoms with Gasteiger partial charge in [-0.25, -0.2) is 9.38 Å². The Hall–Kier alpha value is -1.38.